The van der Waals surface area contributed by atoms with E-state index < -0.39 is 0 Å². The monoisotopic (exact) mass is 383 g/mol. The van der Waals surface area contributed by atoms with Crippen molar-refractivity contribution in [3.05, 3.63) is 41.9 Å². The average Bonchev–Trinajstić information content (AvgIpc) is 2.69. The molecule has 0 saturated carbocycles. The second kappa shape index (κ2) is 8.69. The first-order chi connectivity index (χ1) is 13.5. The third-order valence-corrected chi connectivity index (χ3v) is 4.52. The van der Waals surface area contributed by atoms with Gasteiger partial charge in [0.25, 0.3) is 5.91 Å². The van der Waals surface area contributed by atoms with Crippen LogP contribution in [-0.4, -0.2) is 64.4 Å². The number of rotatable bonds is 5. The van der Waals surface area contributed by atoms with Gasteiger partial charge in [-0.1, -0.05) is 12.1 Å². The molecule has 1 aliphatic rings. The third-order valence-electron chi connectivity index (χ3n) is 4.52. The molecule has 3 rings (SSSR count). The molecule has 0 unspecified atom stereocenters. The molecule has 0 spiro atoms. The lowest BCUT2D eigenvalue weighted by atomic mass is 10.2. The number of piperazine rings is 1. The lowest BCUT2D eigenvalue weighted by Gasteiger charge is -2.34. The van der Waals surface area contributed by atoms with E-state index in [9.17, 15) is 9.59 Å². The van der Waals surface area contributed by atoms with E-state index in [4.69, 9.17) is 4.74 Å². The van der Waals surface area contributed by atoms with Crippen LogP contribution in [0.5, 0.6) is 5.75 Å². The molecule has 148 valence electrons. The van der Waals surface area contributed by atoms with Crippen LogP contribution in [0.1, 0.15) is 30.2 Å². The highest BCUT2D eigenvalue weighted by Gasteiger charge is 2.24. The molecule has 0 aliphatic carbocycles. The van der Waals surface area contributed by atoms with Crippen molar-refractivity contribution in [2.75, 3.05) is 38.1 Å². The Labute approximate surface area is 164 Å². The van der Waals surface area contributed by atoms with Crippen molar-refractivity contribution in [1.29, 1.82) is 0 Å². The van der Waals surface area contributed by atoms with Crippen molar-refractivity contribution < 1.29 is 14.3 Å². The van der Waals surface area contributed by atoms with Crippen molar-refractivity contribution in [2.24, 2.45) is 0 Å². The number of hydrogen-bond acceptors (Lipinski definition) is 6. The predicted octanol–water partition coefficient (Wildman–Crippen LogP) is 2.23. The molecule has 0 atom stereocenters. The van der Waals surface area contributed by atoms with Gasteiger partial charge in [-0.15, -0.1) is 0 Å². The van der Waals surface area contributed by atoms with E-state index >= 15 is 0 Å². The average molecular weight is 383 g/mol. The number of para-hydroxylation sites is 2. The minimum atomic E-state index is -0.158. The van der Waals surface area contributed by atoms with Crippen LogP contribution in [0.3, 0.4) is 0 Å². The number of nitrogens with one attached hydrogen (secondary N) is 1. The fourth-order valence-corrected chi connectivity index (χ4v) is 3.12. The summed E-state index contributed by atoms with van der Waals surface area (Å²) in [7, 11) is 0. The van der Waals surface area contributed by atoms with Gasteiger partial charge in [0, 0.05) is 39.2 Å². The van der Waals surface area contributed by atoms with Gasteiger partial charge in [0.1, 0.15) is 23.1 Å². The maximum Gasteiger partial charge on any atom is 0.272 e. The summed E-state index contributed by atoms with van der Waals surface area (Å²) in [5.41, 5.74) is 1.11. The van der Waals surface area contributed by atoms with Crippen molar-refractivity contribution in [3.63, 3.8) is 0 Å². The van der Waals surface area contributed by atoms with Gasteiger partial charge < -0.3 is 19.9 Å². The molecular formula is C20H25N5O3. The van der Waals surface area contributed by atoms with Crippen LogP contribution >= 0.6 is 0 Å². The number of anilines is 2. The highest BCUT2D eigenvalue weighted by atomic mass is 16.5. The number of aromatic nitrogens is 2. The number of carbonyl (C=O) groups excluding carboxylic acids is 2. The maximum absolute atomic E-state index is 12.9. The number of benzene rings is 1. The number of hydrogen-bond donors (Lipinski definition) is 1. The van der Waals surface area contributed by atoms with Crippen LogP contribution in [0, 0.1) is 6.92 Å². The van der Waals surface area contributed by atoms with E-state index in [2.05, 4.69) is 15.3 Å². The summed E-state index contributed by atoms with van der Waals surface area (Å²) in [5.74, 6) is 1.63. The molecule has 1 fully saturated rings. The Bertz CT molecular complexity index is 863. The van der Waals surface area contributed by atoms with E-state index in [1.807, 2.05) is 31.2 Å². The standard InChI is InChI=1S/C20H25N5O3/c1-4-28-18-8-6-5-7-16(18)23-19-13-17(21-14(2)22-19)20(27)25-11-9-24(10-12-25)15(3)26/h5-8,13H,4,9-12H2,1-3H3,(H,21,22,23). The minimum Gasteiger partial charge on any atom is -0.492 e. The van der Waals surface area contributed by atoms with Crippen LogP contribution < -0.4 is 10.1 Å². The fourth-order valence-electron chi connectivity index (χ4n) is 3.12. The number of ether oxygens (including phenoxy) is 1. The van der Waals surface area contributed by atoms with Gasteiger partial charge in [0.2, 0.25) is 5.91 Å². The van der Waals surface area contributed by atoms with Gasteiger partial charge in [-0.2, -0.15) is 0 Å². The highest BCUT2D eigenvalue weighted by Crippen LogP contribution is 2.27. The van der Waals surface area contributed by atoms with E-state index in [-0.39, 0.29) is 11.8 Å². The van der Waals surface area contributed by atoms with Crippen molar-refractivity contribution in [1.82, 2.24) is 19.8 Å². The topological polar surface area (TPSA) is 87.7 Å². The number of nitrogens with zero attached hydrogens (tertiary/aromatic N) is 4. The molecule has 2 amide bonds. The van der Waals surface area contributed by atoms with Gasteiger partial charge >= 0.3 is 0 Å². The third kappa shape index (κ3) is 4.57. The molecule has 0 bridgehead atoms. The van der Waals surface area contributed by atoms with Crippen LogP contribution in [0.4, 0.5) is 11.5 Å². The summed E-state index contributed by atoms with van der Waals surface area (Å²) in [4.78, 5) is 36.5. The molecule has 1 saturated heterocycles. The molecule has 2 aromatic rings. The molecular weight excluding hydrogens is 358 g/mol. The molecule has 28 heavy (non-hydrogen) atoms. The van der Waals surface area contributed by atoms with Gasteiger partial charge in [0.05, 0.1) is 12.3 Å². The Morgan fingerprint density at radius 1 is 1.11 bits per heavy atom. The van der Waals surface area contributed by atoms with E-state index in [1.165, 1.54) is 0 Å². The van der Waals surface area contributed by atoms with Crippen LogP contribution in [-0.2, 0) is 4.79 Å². The maximum atomic E-state index is 12.9. The summed E-state index contributed by atoms with van der Waals surface area (Å²) in [6.07, 6.45) is 0. The summed E-state index contributed by atoms with van der Waals surface area (Å²) in [6, 6.07) is 9.22. The van der Waals surface area contributed by atoms with E-state index in [0.29, 0.717) is 50.1 Å². The lowest BCUT2D eigenvalue weighted by Crippen LogP contribution is -2.50. The minimum absolute atomic E-state index is 0.0319. The number of carbonyl (C=O) groups is 2. The Morgan fingerprint density at radius 2 is 1.79 bits per heavy atom. The molecule has 1 aliphatic heterocycles. The Kier molecular flexibility index (Phi) is 6.08. The zero-order chi connectivity index (χ0) is 20.1. The van der Waals surface area contributed by atoms with Crippen LogP contribution in [0.15, 0.2) is 30.3 Å². The van der Waals surface area contributed by atoms with Crippen LogP contribution in [0.25, 0.3) is 0 Å². The fraction of sp³-hybridized carbons (Fsp3) is 0.400. The zero-order valence-electron chi connectivity index (χ0n) is 16.4. The van der Waals surface area contributed by atoms with Crippen molar-refractivity contribution >= 4 is 23.3 Å². The Hall–Kier alpha value is -3.16. The first-order valence-electron chi connectivity index (χ1n) is 9.37. The summed E-state index contributed by atoms with van der Waals surface area (Å²) in [5, 5.41) is 3.22. The second-order valence-electron chi connectivity index (χ2n) is 6.54. The summed E-state index contributed by atoms with van der Waals surface area (Å²) in [6.45, 7) is 7.85. The van der Waals surface area contributed by atoms with Gasteiger partial charge in [-0.25, -0.2) is 9.97 Å². The van der Waals surface area contributed by atoms with E-state index in [1.54, 1.807) is 29.7 Å². The lowest BCUT2D eigenvalue weighted by molar-refractivity contribution is -0.130. The molecule has 1 N–H and O–H groups in total. The Morgan fingerprint density at radius 3 is 2.46 bits per heavy atom. The molecule has 1 aromatic carbocycles. The number of amides is 2. The van der Waals surface area contributed by atoms with Crippen molar-refractivity contribution in [3.8, 4) is 5.75 Å². The predicted molar refractivity (Wildman–Crippen MR) is 106 cm³/mol. The second-order valence-corrected chi connectivity index (χ2v) is 6.54. The normalized spacial score (nSPS) is 14.0. The molecule has 2 heterocycles. The SMILES string of the molecule is CCOc1ccccc1Nc1cc(C(=O)N2CCN(C(C)=O)CC2)nc(C)n1. The van der Waals surface area contributed by atoms with Gasteiger partial charge in [-0.3, -0.25) is 9.59 Å². The smallest absolute Gasteiger partial charge is 0.272 e. The summed E-state index contributed by atoms with van der Waals surface area (Å²) >= 11 is 0. The zero-order valence-corrected chi connectivity index (χ0v) is 16.4. The first-order valence-corrected chi connectivity index (χ1v) is 9.37. The molecule has 1 aromatic heterocycles. The molecule has 8 heteroatoms. The van der Waals surface area contributed by atoms with Gasteiger partial charge in [0.15, 0.2) is 0 Å². The Balaban J connectivity index is 1.77. The van der Waals surface area contributed by atoms with Gasteiger partial charge in [-0.05, 0) is 26.0 Å². The quantitative estimate of drug-likeness (QED) is 0.852. The first kappa shape index (κ1) is 19.6. The number of aryl methyl sites for hydroxylation is 1. The van der Waals surface area contributed by atoms with Crippen molar-refractivity contribution in [2.45, 2.75) is 20.8 Å². The largest absolute Gasteiger partial charge is 0.492 e. The summed E-state index contributed by atoms with van der Waals surface area (Å²) < 4.78 is 5.63. The highest BCUT2D eigenvalue weighted by molar-refractivity contribution is 5.93. The molecule has 8 nitrogen and oxygen atoms in total. The van der Waals surface area contributed by atoms with E-state index in [0.717, 1.165) is 11.4 Å². The molecule has 0 radical (unpaired) electrons. The van der Waals surface area contributed by atoms with Crippen LogP contribution in [0.2, 0.25) is 0 Å².